The van der Waals surface area contributed by atoms with Crippen LogP contribution in [0.4, 0.5) is 0 Å². The van der Waals surface area contributed by atoms with Gasteiger partial charge >= 0.3 is 0 Å². The molecule has 0 aliphatic heterocycles. The molecule has 3 aliphatic rings. The third-order valence-corrected chi connectivity index (χ3v) is 5.65. The van der Waals surface area contributed by atoms with Crippen LogP contribution < -0.4 is 0 Å². The number of halogens is 1. The van der Waals surface area contributed by atoms with Crippen LogP contribution in [0.15, 0.2) is 0 Å². The van der Waals surface area contributed by atoms with Crippen molar-refractivity contribution in [3.05, 3.63) is 11.6 Å². The van der Waals surface area contributed by atoms with Crippen LogP contribution in [-0.4, -0.2) is 14.8 Å². The number of alkyl halides is 1. The van der Waals surface area contributed by atoms with Crippen LogP contribution in [0.3, 0.4) is 0 Å². The Hall–Kier alpha value is -0.380. The van der Waals surface area contributed by atoms with Gasteiger partial charge < -0.3 is 4.57 Å². The summed E-state index contributed by atoms with van der Waals surface area (Å²) in [5.74, 6) is 7.02. The van der Waals surface area contributed by atoms with Crippen LogP contribution in [-0.2, 0) is 12.4 Å². The second-order valence-corrected chi connectivity index (χ2v) is 6.24. The monoisotopic (exact) mass is 281 g/mol. The maximum atomic E-state index is 4.41. The van der Waals surface area contributed by atoms with Gasteiger partial charge in [-0.05, 0) is 42.9 Å². The summed E-state index contributed by atoms with van der Waals surface area (Å²) in [5.41, 5.74) is 0. The van der Waals surface area contributed by atoms with Crippen molar-refractivity contribution >= 4 is 15.9 Å². The van der Waals surface area contributed by atoms with Gasteiger partial charge in [0.25, 0.3) is 0 Å². The van der Waals surface area contributed by atoms with E-state index in [0.29, 0.717) is 0 Å². The molecule has 16 heavy (non-hydrogen) atoms. The van der Waals surface area contributed by atoms with E-state index < -0.39 is 0 Å². The molecule has 0 saturated heterocycles. The van der Waals surface area contributed by atoms with Crippen LogP contribution in [0.25, 0.3) is 0 Å². The quantitative estimate of drug-likeness (QED) is 0.780. The Kier molecular flexibility index (Phi) is 1.86. The minimum Gasteiger partial charge on any atom is -0.317 e. The molecule has 86 valence electrons. The fourth-order valence-electron chi connectivity index (χ4n) is 4.45. The molecule has 0 spiro atoms. The predicted molar refractivity (Wildman–Crippen MR) is 64.2 cm³/mol. The largest absolute Gasteiger partial charge is 0.317 e. The Bertz CT molecular complexity index is 425. The summed E-state index contributed by atoms with van der Waals surface area (Å²) in [7, 11) is 2.11. The van der Waals surface area contributed by atoms with Gasteiger partial charge in [0.15, 0.2) is 0 Å². The maximum Gasteiger partial charge on any atom is 0.143 e. The van der Waals surface area contributed by atoms with Gasteiger partial charge in [-0.25, -0.2) is 0 Å². The summed E-state index contributed by atoms with van der Waals surface area (Å²) in [4.78, 5) is 0. The molecule has 3 fully saturated rings. The summed E-state index contributed by atoms with van der Waals surface area (Å²) in [5, 5.41) is 9.48. The molecule has 0 aromatic carbocycles. The Morgan fingerprint density at radius 2 is 1.94 bits per heavy atom. The van der Waals surface area contributed by atoms with Gasteiger partial charge in [0.05, 0.1) is 5.33 Å². The molecular formula is C12H16BrN3. The molecule has 4 rings (SSSR count). The third kappa shape index (κ3) is 1.04. The summed E-state index contributed by atoms with van der Waals surface area (Å²) in [6.07, 6.45) is 4.46. The summed E-state index contributed by atoms with van der Waals surface area (Å²) in [6, 6.07) is 0. The van der Waals surface area contributed by atoms with Crippen LogP contribution in [0.5, 0.6) is 0 Å². The minimum atomic E-state index is 0.747. The summed E-state index contributed by atoms with van der Waals surface area (Å²) >= 11 is 3.47. The van der Waals surface area contributed by atoms with Crippen molar-refractivity contribution in [3.8, 4) is 0 Å². The molecule has 4 unspecified atom stereocenters. The molecule has 4 heteroatoms. The van der Waals surface area contributed by atoms with E-state index in [1.165, 1.54) is 25.1 Å². The van der Waals surface area contributed by atoms with E-state index in [-0.39, 0.29) is 0 Å². The SMILES string of the molecule is Cn1c(CBr)nnc1C1C2C3CCC(C3)C12. The molecular weight excluding hydrogens is 266 g/mol. The molecule has 4 atom stereocenters. The summed E-state index contributed by atoms with van der Waals surface area (Å²) in [6.45, 7) is 0. The smallest absolute Gasteiger partial charge is 0.143 e. The standard InChI is InChI=1S/C12H16BrN3/c1-16-8(5-13)14-15-12(16)11-9-6-2-3-7(4-6)10(9)11/h6-7,9-11H,2-5H2,1H3. The first-order valence-electron chi connectivity index (χ1n) is 6.25. The Balaban J connectivity index is 1.66. The zero-order valence-corrected chi connectivity index (χ0v) is 11.0. The van der Waals surface area contributed by atoms with Crippen molar-refractivity contribution in [1.82, 2.24) is 14.8 Å². The van der Waals surface area contributed by atoms with E-state index >= 15 is 0 Å². The van der Waals surface area contributed by atoms with E-state index in [2.05, 4.69) is 37.7 Å². The van der Waals surface area contributed by atoms with Crippen LogP contribution in [0.1, 0.15) is 36.8 Å². The number of fused-ring (bicyclic) bond motifs is 5. The van der Waals surface area contributed by atoms with Crippen LogP contribution >= 0.6 is 15.9 Å². The first-order chi connectivity index (χ1) is 7.81. The zero-order valence-electron chi connectivity index (χ0n) is 9.43. The number of hydrogen-bond acceptors (Lipinski definition) is 2. The van der Waals surface area contributed by atoms with E-state index in [4.69, 9.17) is 0 Å². The predicted octanol–water partition coefficient (Wildman–Crippen LogP) is 2.47. The Morgan fingerprint density at radius 1 is 1.25 bits per heavy atom. The van der Waals surface area contributed by atoms with Gasteiger partial charge in [0.2, 0.25) is 0 Å². The van der Waals surface area contributed by atoms with Gasteiger partial charge in [0.1, 0.15) is 11.6 Å². The Morgan fingerprint density at radius 3 is 2.50 bits per heavy atom. The van der Waals surface area contributed by atoms with Crippen molar-refractivity contribution in [2.75, 3.05) is 0 Å². The number of rotatable bonds is 2. The third-order valence-electron chi connectivity index (χ3n) is 5.15. The zero-order chi connectivity index (χ0) is 10.9. The first kappa shape index (κ1) is 9.63. The molecule has 0 amide bonds. The van der Waals surface area contributed by atoms with Crippen molar-refractivity contribution < 1.29 is 0 Å². The lowest BCUT2D eigenvalue weighted by atomic mass is 10.0. The summed E-state index contributed by atoms with van der Waals surface area (Å²) < 4.78 is 2.21. The second kappa shape index (κ2) is 3.09. The molecule has 0 radical (unpaired) electrons. The molecule has 3 aliphatic carbocycles. The van der Waals surface area contributed by atoms with Crippen LogP contribution in [0, 0.1) is 23.7 Å². The van der Waals surface area contributed by atoms with Gasteiger partial charge in [-0.3, -0.25) is 0 Å². The number of nitrogens with zero attached hydrogens (tertiary/aromatic N) is 3. The van der Waals surface area contributed by atoms with E-state index in [1.54, 1.807) is 0 Å². The van der Waals surface area contributed by atoms with Crippen LogP contribution in [0.2, 0.25) is 0 Å². The molecule has 1 aromatic heterocycles. The minimum absolute atomic E-state index is 0.747. The highest BCUT2D eigenvalue weighted by atomic mass is 79.9. The molecule has 1 heterocycles. The first-order valence-corrected chi connectivity index (χ1v) is 7.37. The van der Waals surface area contributed by atoms with Crippen molar-refractivity contribution in [2.24, 2.45) is 30.7 Å². The highest BCUT2D eigenvalue weighted by molar-refractivity contribution is 9.08. The van der Waals surface area contributed by atoms with Crippen molar-refractivity contribution in [3.63, 3.8) is 0 Å². The lowest BCUT2D eigenvalue weighted by molar-refractivity contribution is 0.456. The maximum absolute atomic E-state index is 4.41. The van der Waals surface area contributed by atoms with E-state index in [0.717, 1.165) is 40.7 Å². The van der Waals surface area contributed by atoms with E-state index in [9.17, 15) is 0 Å². The average Bonchev–Trinajstić information content (AvgIpc) is 2.68. The fraction of sp³-hybridized carbons (Fsp3) is 0.833. The molecule has 1 aromatic rings. The Labute approximate surface area is 104 Å². The fourth-order valence-corrected chi connectivity index (χ4v) is 4.94. The lowest BCUT2D eigenvalue weighted by Gasteiger charge is -2.08. The van der Waals surface area contributed by atoms with E-state index in [1.807, 2.05) is 0 Å². The van der Waals surface area contributed by atoms with Gasteiger partial charge in [-0.1, -0.05) is 15.9 Å². The van der Waals surface area contributed by atoms with Crippen molar-refractivity contribution in [1.29, 1.82) is 0 Å². The number of hydrogen-bond donors (Lipinski definition) is 0. The molecule has 2 bridgehead atoms. The highest BCUT2D eigenvalue weighted by Gasteiger charge is 2.66. The second-order valence-electron chi connectivity index (χ2n) is 5.68. The lowest BCUT2D eigenvalue weighted by Crippen LogP contribution is -2.05. The normalized spacial score (nSPS) is 43.8. The average molecular weight is 282 g/mol. The molecule has 0 N–H and O–H groups in total. The van der Waals surface area contributed by atoms with Crippen molar-refractivity contribution in [2.45, 2.75) is 30.5 Å². The molecule has 3 nitrogen and oxygen atoms in total. The van der Waals surface area contributed by atoms with Gasteiger partial charge in [-0.15, -0.1) is 10.2 Å². The number of aromatic nitrogens is 3. The van der Waals surface area contributed by atoms with Gasteiger partial charge in [0, 0.05) is 13.0 Å². The topological polar surface area (TPSA) is 30.7 Å². The van der Waals surface area contributed by atoms with Gasteiger partial charge in [-0.2, -0.15) is 0 Å². The molecule has 3 saturated carbocycles. The highest BCUT2D eigenvalue weighted by Crippen LogP contribution is 2.72.